The number of aryl methyl sites for hydroxylation is 1. The fourth-order valence-corrected chi connectivity index (χ4v) is 3.46. The van der Waals surface area contributed by atoms with E-state index in [9.17, 15) is 4.79 Å². The molecule has 0 bridgehead atoms. The van der Waals surface area contributed by atoms with E-state index in [2.05, 4.69) is 10.1 Å². The minimum absolute atomic E-state index is 0.00390. The summed E-state index contributed by atoms with van der Waals surface area (Å²) in [6.45, 7) is 4.12. The van der Waals surface area contributed by atoms with E-state index in [0.717, 1.165) is 30.0 Å². The van der Waals surface area contributed by atoms with Gasteiger partial charge in [0, 0.05) is 43.9 Å². The summed E-state index contributed by atoms with van der Waals surface area (Å²) in [6, 6.07) is 0. The highest BCUT2D eigenvalue weighted by atomic mass is 32.1. The van der Waals surface area contributed by atoms with E-state index in [1.807, 2.05) is 30.4 Å². The van der Waals surface area contributed by atoms with Gasteiger partial charge in [-0.05, 0) is 19.8 Å². The summed E-state index contributed by atoms with van der Waals surface area (Å²) < 4.78 is 7.39. The molecular formula is C15H20N4O2S. The van der Waals surface area contributed by atoms with Gasteiger partial charge in [-0.25, -0.2) is 4.98 Å². The van der Waals surface area contributed by atoms with E-state index in [0.29, 0.717) is 18.8 Å². The Labute approximate surface area is 133 Å². The largest absolute Gasteiger partial charge is 0.377 e. The molecule has 1 aliphatic rings. The molecule has 6 nitrogen and oxygen atoms in total. The molecule has 3 heterocycles. The maximum absolute atomic E-state index is 12.6. The van der Waals surface area contributed by atoms with Crippen molar-refractivity contribution in [2.24, 2.45) is 7.05 Å². The van der Waals surface area contributed by atoms with Gasteiger partial charge in [-0.15, -0.1) is 11.3 Å². The van der Waals surface area contributed by atoms with E-state index in [1.54, 1.807) is 10.9 Å². The second-order valence-corrected chi connectivity index (χ2v) is 6.27. The number of carbonyl (C=O) groups excluding carboxylic acids is 1. The Hall–Kier alpha value is -1.73. The van der Waals surface area contributed by atoms with Gasteiger partial charge >= 0.3 is 0 Å². The van der Waals surface area contributed by atoms with Crippen LogP contribution in [0.25, 0.3) is 10.6 Å². The molecule has 0 spiro atoms. The fraction of sp³-hybridized carbons (Fsp3) is 0.533. The molecule has 3 rings (SSSR count). The first-order valence-corrected chi connectivity index (χ1v) is 8.40. The molecule has 22 heavy (non-hydrogen) atoms. The van der Waals surface area contributed by atoms with Crippen LogP contribution < -0.4 is 0 Å². The summed E-state index contributed by atoms with van der Waals surface area (Å²) in [5, 5.41) is 6.80. The molecule has 1 fully saturated rings. The van der Waals surface area contributed by atoms with Crippen molar-refractivity contribution in [1.29, 1.82) is 0 Å². The third-order valence-corrected chi connectivity index (χ3v) is 4.63. The van der Waals surface area contributed by atoms with Crippen molar-refractivity contribution in [3.05, 3.63) is 23.5 Å². The molecule has 2 aromatic heterocycles. The number of likely N-dealkylation sites (tertiary alicyclic amines) is 1. The van der Waals surface area contributed by atoms with Crippen LogP contribution >= 0.6 is 11.3 Å². The van der Waals surface area contributed by atoms with Gasteiger partial charge in [0.15, 0.2) is 0 Å². The number of aromatic nitrogens is 3. The Morgan fingerprint density at radius 3 is 3.14 bits per heavy atom. The van der Waals surface area contributed by atoms with Crippen LogP contribution in [0.2, 0.25) is 0 Å². The Morgan fingerprint density at radius 1 is 1.55 bits per heavy atom. The normalized spacial score (nSPS) is 18.6. The first-order valence-electron chi connectivity index (χ1n) is 7.52. The Bertz CT molecular complexity index is 650. The van der Waals surface area contributed by atoms with Crippen molar-refractivity contribution in [1.82, 2.24) is 19.7 Å². The summed E-state index contributed by atoms with van der Waals surface area (Å²) in [4.78, 5) is 18.9. The zero-order chi connectivity index (χ0) is 15.5. The second-order valence-electron chi connectivity index (χ2n) is 5.41. The number of ether oxygens (including phenoxy) is 1. The van der Waals surface area contributed by atoms with Gasteiger partial charge in [0.05, 0.1) is 12.3 Å². The van der Waals surface area contributed by atoms with E-state index in [-0.39, 0.29) is 12.0 Å². The van der Waals surface area contributed by atoms with Crippen LogP contribution in [0.4, 0.5) is 0 Å². The number of carbonyl (C=O) groups is 1. The van der Waals surface area contributed by atoms with E-state index in [4.69, 9.17) is 4.74 Å². The van der Waals surface area contributed by atoms with Gasteiger partial charge in [-0.1, -0.05) is 0 Å². The highest BCUT2D eigenvalue weighted by molar-refractivity contribution is 7.13. The minimum Gasteiger partial charge on any atom is -0.377 e. The third kappa shape index (κ3) is 3.20. The molecular weight excluding hydrogens is 300 g/mol. The minimum atomic E-state index is -0.00390. The molecule has 0 aromatic carbocycles. The molecule has 2 aromatic rings. The summed E-state index contributed by atoms with van der Waals surface area (Å²) in [6.07, 6.45) is 5.82. The molecule has 0 unspecified atom stereocenters. The van der Waals surface area contributed by atoms with E-state index in [1.165, 1.54) is 11.3 Å². The number of nitrogens with zero attached hydrogens (tertiary/aromatic N) is 4. The SMILES string of the molecule is CCO[C@@H]1CCCN(C(=O)c2csc(-c3cnn(C)c3)n2)C1. The lowest BCUT2D eigenvalue weighted by Gasteiger charge is -2.32. The van der Waals surface area contributed by atoms with E-state index >= 15 is 0 Å². The third-order valence-electron chi connectivity index (χ3n) is 3.74. The van der Waals surface area contributed by atoms with Gasteiger partial charge in [0.2, 0.25) is 0 Å². The van der Waals surface area contributed by atoms with Crippen LogP contribution in [0.3, 0.4) is 0 Å². The predicted molar refractivity (Wildman–Crippen MR) is 84.9 cm³/mol. The maximum Gasteiger partial charge on any atom is 0.273 e. The number of thiazole rings is 1. The zero-order valence-corrected chi connectivity index (χ0v) is 13.7. The van der Waals surface area contributed by atoms with Crippen molar-refractivity contribution < 1.29 is 9.53 Å². The van der Waals surface area contributed by atoms with Crippen LogP contribution in [-0.4, -0.2) is 51.4 Å². The lowest BCUT2D eigenvalue weighted by Crippen LogP contribution is -2.43. The fourth-order valence-electron chi connectivity index (χ4n) is 2.69. The van der Waals surface area contributed by atoms with Gasteiger partial charge in [-0.3, -0.25) is 9.48 Å². The molecule has 118 valence electrons. The zero-order valence-electron chi connectivity index (χ0n) is 12.9. The van der Waals surface area contributed by atoms with Gasteiger partial charge in [-0.2, -0.15) is 5.10 Å². The lowest BCUT2D eigenvalue weighted by atomic mass is 10.1. The molecule has 0 saturated carbocycles. The summed E-state index contributed by atoms with van der Waals surface area (Å²) in [7, 11) is 1.87. The first-order chi connectivity index (χ1) is 10.7. The average molecular weight is 320 g/mol. The quantitative estimate of drug-likeness (QED) is 0.866. The number of hydrogen-bond acceptors (Lipinski definition) is 5. The molecule has 7 heteroatoms. The smallest absolute Gasteiger partial charge is 0.273 e. The number of amides is 1. The molecule has 1 saturated heterocycles. The van der Waals surface area contributed by atoms with Crippen LogP contribution in [0.1, 0.15) is 30.3 Å². The van der Waals surface area contributed by atoms with Crippen LogP contribution in [0.15, 0.2) is 17.8 Å². The number of rotatable bonds is 4. The predicted octanol–water partition coefficient (Wildman–Crippen LogP) is 2.18. The molecule has 0 N–H and O–H groups in total. The molecule has 1 atom stereocenters. The van der Waals surface area contributed by atoms with E-state index < -0.39 is 0 Å². The van der Waals surface area contributed by atoms with Crippen molar-refractivity contribution in [2.75, 3.05) is 19.7 Å². The second kappa shape index (κ2) is 6.58. The maximum atomic E-state index is 12.6. The lowest BCUT2D eigenvalue weighted by molar-refractivity contribution is 0.00706. The Kier molecular flexibility index (Phi) is 4.54. The Balaban J connectivity index is 1.71. The summed E-state index contributed by atoms with van der Waals surface area (Å²) in [5.41, 5.74) is 1.46. The van der Waals surface area contributed by atoms with Gasteiger partial charge in [0.1, 0.15) is 10.7 Å². The highest BCUT2D eigenvalue weighted by Crippen LogP contribution is 2.24. The van der Waals surface area contributed by atoms with Crippen LogP contribution in [-0.2, 0) is 11.8 Å². The van der Waals surface area contributed by atoms with Crippen molar-refractivity contribution in [2.45, 2.75) is 25.9 Å². The van der Waals surface area contributed by atoms with Crippen LogP contribution in [0.5, 0.6) is 0 Å². The number of piperidine rings is 1. The number of hydrogen-bond donors (Lipinski definition) is 0. The summed E-state index contributed by atoms with van der Waals surface area (Å²) in [5.74, 6) is -0.00390. The standard InChI is InChI=1S/C15H20N4O2S/c1-3-21-12-5-4-6-19(9-12)15(20)13-10-22-14(17-13)11-7-16-18(2)8-11/h7-8,10,12H,3-6,9H2,1-2H3/t12-/m1/s1. The topological polar surface area (TPSA) is 60.2 Å². The van der Waals surface area contributed by atoms with Crippen molar-refractivity contribution in [3.8, 4) is 10.6 Å². The molecule has 0 radical (unpaired) electrons. The Morgan fingerprint density at radius 2 is 2.41 bits per heavy atom. The monoisotopic (exact) mass is 320 g/mol. The first kappa shape index (κ1) is 15.2. The van der Waals surface area contributed by atoms with Gasteiger partial charge < -0.3 is 9.64 Å². The van der Waals surface area contributed by atoms with Crippen LogP contribution in [0, 0.1) is 0 Å². The highest BCUT2D eigenvalue weighted by Gasteiger charge is 2.26. The molecule has 1 aliphatic heterocycles. The van der Waals surface area contributed by atoms with Gasteiger partial charge in [0.25, 0.3) is 5.91 Å². The van der Waals surface area contributed by atoms with Crippen molar-refractivity contribution in [3.63, 3.8) is 0 Å². The molecule has 1 amide bonds. The van der Waals surface area contributed by atoms with Crippen molar-refractivity contribution >= 4 is 17.2 Å². The summed E-state index contributed by atoms with van der Waals surface area (Å²) >= 11 is 1.48. The average Bonchev–Trinajstić information content (AvgIpc) is 3.16. The molecule has 0 aliphatic carbocycles.